The molecule has 1 aromatic rings. The van der Waals surface area contributed by atoms with E-state index >= 15 is 0 Å². The van der Waals surface area contributed by atoms with Crippen LogP contribution in [0.4, 0.5) is 10.9 Å². The number of sulfone groups is 1. The Morgan fingerprint density at radius 2 is 2.00 bits per heavy atom. The van der Waals surface area contributed by atoms with Gasteiger partial charge in [-0.2, -0.15) is 0 Å². The Balaban J connectivity index is 2.62. The third-order valence-electron chi connectivity index (χ3n) is 2.86. The summed E-state index contributed by atoms with van der Waals surface area (Å²) in [6, 6.07) is 0. The van der Waals surface area contributed by atoms with Crippen LogP contribution in [-0.2, 0) is 9.84 Å². The topological polar surface area (TPSA) is 105 Å². The monoisotopic (exact) mass is 334 g/mol. The third kappa shape index (κ3) is 5.50. The highest BCUT2D eigenvalue weighted by Crippen LogP contribution is 2.27. The van der Waals surface area contributed by atoms with Gasteiger partial charge in [-0.25, -0.2) is 13.4 Å². The molecule has 0 aliphatic carbocycles. The first-order valence-electron chi connectivity index (χ1n) is 6.75. The van der Waals surface area contributed by atoms with E-state index in [0.717, 1.165) is 18.2 Å². The Bertz CT molecular complexity index is 579. The van der Waals surface area contributed by atoms with E-state index < -0.39 is 9.84 Å². The molecule has 1 amide bonds. The highest BCUT2D eigenvalue weighted by atomic mass is 32.2. The van der Waals surface area contributed by atoms with Crippen LogP contribution >= 0.6 is 11.3 Å². The second kappa shape index (κ2) is 7.60. The summed E-state index contributed by atoms with van der Waals surface area (Å²) in [5.41, 5.74) is 5.78. The van der Waals surface area contributed by atoms with Gasteiger partial charge in [0.15, 0.2) is 5.13 Å². The number of nitrogens with zero attached hydrogens (tertiary/aromatic N) is 2. The molecular formula is C12H22N4O3S2. The Morgan fingerprint density at radius 1 is 1.38 bits per heavy atom. The lowest BCUT2D eigenvalue weighted by Gasteiger charge is -2.16. The number of anilines is 2. The van der Waals surface area contributed by atoms with Crippen molar-refractivity contribution >= 4 is 38.0 Å². The Morgan fingerprint density at radius 3 is 2.52 bits per heavy atom. The normalized spacial score (nSPS) is 11.4. The molecule has 0 aliphatic heterocycles. The molecule has 0 fully saturated rings. The Kier molecular flexibility index (Phi) is 6.41. The second-order valence-corrected chi connectivity index (χ2v) is 7.86. The van der Waals surface area contributed by atoms with Crippen LogP contribution in [0.25, 0.3) is 0 Å². The first-order chi connectivity index (χ1) is 9.78. The maximum absolute atomic E-state index is 12.0. The summed E-state index contributed by atoms with van der Waals surface area (Å²) in [6.07, 6.45) is 1.55. The maximum atomic E-state index is 12.0. The van der Waals surface area contributed by atoms with Crippen molar-refractivity contribution < 1.29 is 13.2 Å². The predicted octanol–water partition coefficient (Wildman–Crippen LogP) is 0.736. The number of thiazole rings is 1. The molecule has 1 aromatic heterocycles. The number of hydrogen-bond acceptors (Lipinski definition) is 7. The van der Waals surface area contributed by atoms with E-state index in [-0.39, 0.29) is 17.5 Å². The average Bonchev–Trinajstić information content (AvgIpc) is 2.77. The SMILES string of the molecule is CCN(CC)c1nc(N)c(C(=O)NCCCS(C)(=O)=O)s1. The molecule has 1 heterocycles. The van der Waals surface area contributed by atoms with Gasteiger partial charge >= 0.3 is 0 Å². The molecule has 0 atom stereocenters. The smallest absolute Gasteiger partial charge is 0.265 e. The third-order valence-corrected chi connectivity index (χ3v) is 5.02. The van der Waals surface area contributed by atoms with E-state index in [1.54, 1.807) is 0 Å². The first-order valence-corrected chi connectivity index (χ1v) is 9.63. The number of nitrogen functional groups attached to an aromatic ring is 1. The number of nitrogens with two attached hydrogens (primary N) is 1. The van der Waals surface area contributed by atoms with Crippen molar-refractivity contribution in [2.45, 2.75) is 20.3 Å². The van der Waals surface area contributed by atoms with Crippen molar-refractivity contribution in [3.8, 4) is 0 Å². The molecule has 1 rings (SSSR count). The average molecular weight is 334 g/mol. The summed E-state index contributed by atoms with van der Waals surface area (Å²) in [5.74, 6) is -0.0460. The summed E-state index contributed by atoms with van der Waals surface area (Å²) in [6.45, 7) is 5.89. The largest absolute Gasteiger partial charge is 0.382 e. The molecule has 0 bridgehead atoms. The fraction of sp³-hybridized carbons (Fsp3) is 0.667. The lowest BCUT2D eigenvalue weighted by atomic mass is 10.4. The lowest BCUT2D eigenvalue weighted by Crippen LogP contribution is -2.25. The van der Waals surface area contributed by atoms with Gasteiger partial charge in [0.05, 0.1) is 5.75 Å². The summed E-state index contributed by atoms with van der Waals surface area (Å²) in [7, 11) is -3.00. The maximum Gasteiger partial charge on any atom is 0.265 e. The molecule has 120 valence electrons. The number of nitrogens with one attached hydrogen (secondary N) is 1. The molecule has 9 heteroatoms. The molecule has 0 unspecified atom stereocenters. The molecule has 7 nitrogen and oxygen atoms in total. The molecule has 0 aliphatic rings. The van der Waals surface area contributed by atoms with Gasteiger partial charge in [-0.3, -0.25) is 4.79 Å². The van der Waals surface area contributed by atoms with Crippen molar-refractivity contribution in [2.24, 2.45) is 0 Å². The van der Waals surface area contributed by atoms with Gasteiger partial charge in [-0.15, -0.1) is 0 Å². The number of hydrogen-bond donors (Lipinski definition) is 2. The van der Waals surface area contributed by atoms with Gasteiger partial charge in [0, 0.05) is 25.9 Å². The molecule has 3 N–H and O–H groups in total. The van der Waals surface area contributed by atoms with E-state index in [0.29, 0.717) is 17.8 Å². The molecule has 21 heavy (non-hydrogen) atoms. The van der Waals surface area contributed by atoms with Crippen LogP contribution in [-0.4, -0.2) is 51.0 Å². The molecule has 0 saturated carbocycles. The molecule has 0 spiro atoms. The van der Waals surface area contributed by atoms with Crippen LogP contribution in [0, 0.1) is 0 Å². The Hall–Kier alpha value is -1.35. The van der Waals surface area contributed by atoms with E-state index in [4.69, 9.17) is 5.73 Å². The summed E-state index contributed by atoms with van der Waals surface area (Å²) < 4.78 is 22.0. The molecule has 0 radical (unpaired) electrons. The van der Waals surface area contributed by atoms with Gasteiger partial charge in [0.2, 0.25) is 0 Å². The fourth-order valence-corrected chi connectivity index (χ4v) is 3.43. The van der Waals surface area contributed by atoms with Gasteiger partial charge in [-0.05, 0) is 20.3 Å². The van der Waals surface area contributed by atoms with Gasteiger partial charge in [0.1, 0.15) is 20.5 Å². The number of carbonyl (C=O) groups excluding carboxylic acids is 1. The quantitative estimate of drug-likeness (QED) is 0.679. The number of amides is 1. The summed E-state index contributed by atoms with van der Waals surface area (Å²) in [4.78, 5) is 18.6. The van der Waals surface area contributed by atoms with Gasteiger partial charge in [-0.1, -0.05) is 11.3 Å². The number of rotatable bonds is 8. The van der Waals surface area contributed by atoms with Crippen LogP contribution in [0.2, 0.25) is 0 Å². The van der Waals surface area contributed by atoms with Crippen LogP contribution in [0.3, 0.4) is 0 Å². The van der Waals surface area contributed by atoms with E-state index in [1.165, 1.54) is 17.6 Å². The van der Waals surface area contributed by atoms with E-state index in [2.05, 4.69) is 10.3 Å². The predicted molar refractivity (Wildman–Crippen MR) is 86.7 cm³/mol. The van der Waals surface area contributed by atoms with Crippen molar-refractivity contribution in [2.75, 3.05) is 42.3 Å². The highest BCUT2D eigenvalue weighted by molar-refractivity contribution is 7.90. The number of aromatic nitrogens is 1. The first kappa shape index (κ1) is 17.7. The lowest BCUT2D eigenvalue weighted by molar-refractivity contribution is 0.0958. The Labute approximate surface area is 129 Å². The van der Waals surface area contributed by atoms with Crippen molar-refractivity contribution in [3.63, 3.8) is 0 Å². The molecule has 0 aromatic carbocycles. The summed E-state index contributed by atoms with van der Waals surface area (Å²) >= 11 is 1.25. The van der Waals surface area contributed by atoms with Crippen molar-refractivity contribution in [3.05, 3.63) is 4.88 Å². The van der Waals surface area contributed by atoms with Crippen LogP contribution in [0.15, 0.2) is 0 Å². The van der Waals surface area contributed by atoms with Crippen molar-refractivity contribution in [1.29, 1.82) is 0 Å². The second-order valence-electron chi connectivity index (χ2n) is 4.62. The fourth-order valence-electron chi connectivity index (χ4n) is 1.73. The van der Waals surface area contributed by atoms with Gasteiger partial charge in [0.25, 0.3) is 5.91 Å². The standard InChI is InChI=1S/C12H22N4O3S2/c1-4-16(5-2)12-15-10(13)9(20-12)11(17)14-7-6-8-21(3,18)19/h4-8,13H2,1-3H3,(H,14,17). The molecular weight excluding hydrogens is 312 g/mol. The van der Waals surface area contributed by atoms with E-state index in [1.807, 2.05) is 18.7 Å². The zero-order valence-electron chi connectivity index (χ0n) is 12.5. The van der Waals surface area contributed by atoms with Crippen LogP contribution in [0.5, 0.6) is 0 Å². The van der Waals surface area contributed by atoms with Crippen LogP contribution in [0.1, 0.15) is 29.9 Å². The minimum absolute atomic E-state index is 0.0517. The zero-order chi connectivity index (χ0) is 16.0. The summed E-state index contributed by atoms with van der Waals surface area (Å²) in [5, 5.41) is 3.39. The minimum atomic E-state index is -3.00. The van der Waals surface area contributed by atoms with Crippen molar-refractivity contribution in [1.82, 2.24) is 10.3 Å². The minimum Gasteiger partial charge on any atom is -0.382 e. The van der Waals surface area contributed by atoms with Gasteiger partial charge < -0.3 is 16.0 Å². The highest BCUT2D eigenvalue weighted by Gasteiger charge is 2.18. The van der Waals surface area contributed by atoms with E-state index in [9.17, 15) is 13.2 Å². The van der Waals surface area contributed by atoms with Crippen LogP contribution < -0.4 is 16.0 Å². The number of carbonyl (C=O) groups is 1. The zero-order valence-corrected chi connectivity index (χ0v) is 14.2. The molecule has 0 saturated heterocycles.